The van der Waals surface area contributed by atoms with E-state index in [9.17, 15) is 14.4 Å². The fraction of sp³-hybridized carbons (Fsp3) is 0.526. The molecular formula is C19H26BrNO7. The number of methoxy groups -OCH3 is 2. The third kappa shape index (κ3) is 7.03. The van der Waals surface area contributed by atoms with Crippen LogP contribution in [0, 0.1) is 5.92 Å². The molecule has 28 heavy (non-hydrogen) atoms. The average molecular weight is 460 g/mol. The number of hydrogen-bond donors (Lipinski definition) is 1. The van der Waals surface area contributed by atoms with Gasteiger partial charge in [0.1, 0.15) is 6.04 Å². The van der Waals surface area contributed by atoms with Crippen LogP contribution < -0.4 is 14.8 Å². The predicted octanol–water partition coefficient (Wildman–Crippen LogP) is 2.72. The first kappa shape index (κ1) is 23.7. The molecule has 1 N–H and O–H groups in total. The van der Waals surface area contributed by atoms with Crippen LogP contribution in [0.15, 0.2) is 16.6 Å². The van der Waals surface area contributed by atoms with E-state index in [0.29, 0.717) is 29.0 Å². The molecule has 1 aromatic rings. The molecule has 8 nitrogen and oxygen atoms in total. The van der Waals surface area contributed by atoms with Crippen LogP contribution in [0.2, 0.25) is 0 Å². The van der Waals surface area contributed by atoms with E-state index in [1.54, 1.807) is 0 Å². The van der Waals surface area contributed by atoms with Gasteiger partial charge in [-0.25, -0.2) is 9.59 Å². The summed E-state index contributed by atoms with van der Waals surface area (Å²) in [6, 6.07) is 2.19. The Morgan fingerprint density at radius 3 is 2.39 bits per heavy atom. The van der Waals surface area contributed by atoms with Gasteiger partial charge in [-0.3, -0.25) is 4.79 Å². The molecule has 1 aromatic carbocycles. The van der Waals surface area contributed by atoms with E-state index in [4.69, 9.17) is 14.2 Å². The molecule has 0 saturated heterocycles. The Kier molecular flexibility index (Phi) is 9.78. The second kappa shape index (κ2) is 11.5. The fourth-order valence-electron chi connectivity index (χ4n) is 2.40. The zero-order chi connectivity index (χ0) is 21.3. The van der Waals surface area contributed by atoms with Gasteiger partial charge in [0, 0.05) is 0 Å². The molecule has 1 unspecified atom stereocenters. The summed E-state index contributed by atoms with van der Waals surface area (Å²) in [5, 5.41) is 2.52. The molecule has 0 fully saturated rings. The van der Waals surface area contributed by atoms with Gasteiger partial charge in [-0.05, 0) is 47.3 Å². The summed E-state index contributed by atoms with van der Waals surface area (Å²) in [6.45, 7) is 5.56. The Morgan fingerprint density at radius 1 is 1.18 bits per heavy atom. The largest absolute Gasteiger partial charge is 0.493 e. The molecule has 0 aromatic heterocycles. The van der Waals surface area contributed by atoms with E-state index < -0.39 is 30.5 Å². The van der Waals surface area contributed by atoms with Crippen molar-refractivity contribution in [1.82, 2.24) is 5.32 Å². The molecule has 0 aliphatic carbocycles. The SMILES string of the molecule is CCOc1c(Br)cc(C(=O)OCC(=O)NC(CC(C)C)C(=O)OC)cc1OC. The van der Waals surface area contributed by atoms with Gasteiger partial charge in [0.05, 0.1) is 30.9 Å². The van der Waals surface area contributed by atoms with Gasteiger partial charge in [-0.1, -0.05) is 13.8 Å². The van der Waals surface area contributed by atoms with E-state index in [1.165, 1.54) is 26.4 Å². The first-order valence-electron chi connectivity index (χ1n) is 8.78. The molecule has 1 atom stereocenters. The number of carbonyl (C=O) groups is 3. The van der Waals surface area contributed by atoms with Crippen molar-refractivity contribution < 1.29 is 33.3 Å². The molecule has 0 spiro atoms. The smallest absolute Gasteiger partial charge is 0.338 e. The number of nitrogens with one attached hydrogen (secondary N) is 1. The van der Waals surface area contributed by atoms with Crippen LogP contribution in [0.5, 0.6) is 11.5 Å². The average Bonchev–Trinajstić information content (AvgIpc) is 2.65. The minimum absolute atomic E-state index is 0.167. The minimum atomic E-state index is -0.795. The summed E-state index contributed by atoms with van der Waals surface area (Å²) >= 11 is 3.32. The van der Waals surface area contributed by atoms with Gasteiger partial charge >= 0.3 is 11.9 Å². The molecule has 1 amide bonds. The zero-order valence-corrected chi connectivity index (χ0v) is 18.3. The number of rotatable bonds is 10. The van der Waals surface area contributed by atoms with Crippen LogP contribution in [-0.2, 0) is 19.1 Å². The monoisotopic (exact) mass is 459 g/mol. The van der Waals surface area contributed by atoms with Crippen molar-refractivity contribution >= 4 is 33.8 Å². The summed E-state index contributed by atoms with van der Waals surface area (Å²) in [4.78, 5) is 36.1. The van der Waals surface area contributed by atoms with Gasteiger partial charge in [-0.2, -0.15) is 0 Å². The molecule has 0 aliphatic rings. The summed E-state index contributed by atoms with van der Waals surface area (Å²) in [6.07, 6.45) is 0.412. The van der Waals surface area contributed by atoms with Crippen molar-refractivity contribution in [2.45, 2.75) is 33.2 Å². The molecule has 9 heteroatoms. The second-order valence-electron chi connectivity index (χ2n) is 6.27. The number of hydrogen-bond acceptors (Lipinski definition) is 7. The highest BCUT2D eigenvalue weighted by Gasteiger charge is 2.23. The minimum Gasteiger partial charge on any atom is -0.493 e. The summed E-state index contributed by atoms with van der Waals surface area (Å²) < 4.78 is 20.9. The Bertz CT molecular complexity index is 706. The molecule has 1 rings (SSSR count). The van der Waals surface area contributed by atoms with Gasteiger partial charge in [-0.15, -0.1) is 0 Å². The Labute approximate surface area is 173 Å². The molecule has 156 valence electrons. The van der Waals surface area contributed by atoms with Crippen LogP contribution in [-0.4, -0.2) is 51.3 Å². The quantitative estimate of drug-likeness (QED) is 0.536. The zero-order valence-electron chi connectivity index (χ0n) is 16.7. The predicted molar refractivity (Wildman–Crippen MR) is 106 cm³/mol. The molecule has 0 saturated carbocycles. The molecular weight excluding hydrogens is 434 g/mol. The summed E-state index contributed by atoms with van der Waals surface area (Å²) in [5.74, 6) is -0.865. The highest BCUT2D eigenvalue weighted by Crippen LogP contribution is 2.36. The van der Waals surface area contributed by atoms with E-state index in [0.717, 1.165) is 0 Å². The standard InChI is InChI=1S/C19H26BrNO7/c1-6-27-17-13(20)8-12(9-15(17)25-4)18(23)28-10-16(22)21-14(7-11(2)3)19(24)26-5/h8-9,11,14H,6-7,10H2,1-5H3,(H,21,22). The summed E-state index contributed by atoms with van der Waals surface area (Å²) in [7, 11) is 2.70. The van der Waals surface area contributed by atoms with Crippen LogP contribution in [0.25, 0.3) is 0 Å². The van der Waals surface area contributed by atoms with Crippen LogP contribution in [0.1, 0.15) is 37.6 Å². The van der Waals surface area contributed by atoms with Gasteiger partial charge in [0.15, 0.2) is 18.1 Å². The van der Waals surface area contributed by atoms with Crippen molar-refractivity contribution in [3.63, 3.8) is 0 Å². The number of halogens is 1. The van der Waals surface area contributed by atoms with Crippen molar-refractivity contribution in [2.75, 3.05) is 27.4 Å². The van der Waals surface area contributed by atoms with Crippen molar-refractivity contribution in [3.8, 4) is 11.5 Å². The van der Waals surface area contributed by atoms with E-state index in [2.05, 4.69) is 26.0 Å². The van der Waals surface area contributed by atoms with E-state index >= 15 is 0 Å². The van der Waals surface area contributed by atoms with Crippen LogP contribution >= 0.6 is 15.9 Å². The molecule has 0 heterocycles. The highest BCUT2D eigenvalue weighted by molar-refractivity contribution is 9.10. The number of amides is 1. The maximum absolute atomic E-state index is 12.3. The Hall–Kier alpha value is -2.29. The third-order valence-electron chi connectivity index (χ3n) is 3.62. The first-order chi connectivity index (χ1) is 13.2. The van der Waals surface area contributed by atoms with E-state index in [-0.39, 0.29) is 11.5 Å². The Balaban J connectivity index is 2.76. The number of ether oxygens (including phenoxy) is 4. The second-order valence-corrected chi connectivity index (χ2v) is 7.13. The maximum atomic E-state index is 12.3. The van der Waals surface area contributed by atoms with Crippen LogP contribution in [0.4, 0.5) is 0 Å². The fourth-order valence-corrected chi connectivity index (χ4v) is 2.96. The van der Waals surface area contributed by atoms with Gasteiger partial charge in [0.2, 0.25) is 0 Å². The highest BCUT2D eigenvalue weighted by atomic mass is 79.9. The summed E-state index contributed by atoms with van der Waals surface area (Å²) in [5.41, 5.74) is 0.187. The number of carbonyl (C=O) groups excluding carboxylic acids is 3. The normalized spacial score (nSPS) is 11.5. The van der Waals surface area contributed by atoms with Gasteiger partial charge in [0.25, 0.3) is 5.91 Å². The third-order valence-corrected chi connectivity index (χ3v) is 4.21. The van der Waals surface area contributed by atoms with E-state index in [1.807, 2.05) is 20.8 Å². The van der Waals surface area contributed by atoms with Crippen molar-refractivity contribution in [3.05, 3.63) is 22.2 Å². The Morgan fingerprint density at radius 2 is 1.86 bits per heavy atom. The lowest BCUT2D eigenvalue weighted by Gasteiger charge is -2.18. The lowest BCUT2D eigenvalue weighted by Crippen LogP contribution is -2.44. The first-order valence-corrected chi connectivity index (χ1v) is 9.57. The topological polar surface area (TPSA) is 100 Å². The van der Waals surface area contributed by atoms with Gasteiger partial charge < -0.3 is 24.3 Å². The number of esters is 2. The lowest BCUT2D eigenvalue weighted by atomic mass is 10.0. The molecule has 0 bridgehead atoms. The van der Waals surface area contributed by atoms with Crippen molar-refractivity contribution in [2.24, 2.45) is 5.92 Å². The van der Waals surface area contributed by atoms with Crippen LogP contribution in [0.3, 0.4) is 0 Å². The van der Waals surface area contributed by atoms with Crippen molar-refractivity contribution in [1.29, 1.82) is 0 Å². The molecule has 0 radical (unpaired) electrons. The maximum Gasteiger partial charge on any atom is 0.338 e. The molecule has 0 aliphatic heterocycles. The number of benzene rings is 1. The lowest BCUT2D eigenvalue weighted by molar-refractivity contribution is -0.145.